The van der Waals surface area contributed by atoms with Gasteiger partial charge in [-0.3, -0.25) is 0 Å². The number of para-hydroxylation sites is 1. The van der Waals surface area contributed by atoms with Crippen molar-refractivity contribution in [2.45, 2.75) is 26.3 Å². The van der Waals surface area contributed by atoms with Gasteiger partial charge in [-0.2, -0.15) is 0 Å². The van der Waals surface area contributed by atoms with Crippen LogP contribution in [0.15, 0.2) is 42.5 Å². The highest BCUT2D eigenvalue weighted by molar-refractivity contribution is 5.53. The van der Waals surface area contributed by atoms with Crippen LogP contribution in [0.5, 0.6) is 11.5 Å². The van der Waals surface area contributed by atoms with E-state index >= 15 is 0 Å². The highest BCUT2D eigenvalue weighted by Crippen LogP contribution is 2.31. The molecule has 3 rings (SSSR count). The summed E-state index contributed by atoms with van der Waals surface area (Å²) >= 11 is 0. The molecule has 0 aromatic heterocycles. The molecule has 0 aliphatic carbocycles. The number of ether oxygens (including phenoxy) is 2. The van der Waals surface area contributed by atoms with E-state index in [1.54, 1.807) is 0 Å². The van der Waals surface area contributed by atoms with Crippen molar-refractivity contribution in [3.8, 4) is 11.5 Å². The van der Waals surface area contributed by atoms with Gasteiger partial charge in [-0.25, -0.2) is 0 Å². The molecule has 0 fully saturated rings. The van der Waals surface area contributed by atoms with Gasteiger partial charge in [0.05, 0.1) is 0 Å². The third-order valence-electron chi connectivity index (χ3n) is 3.67. The van der Waals surface area contributed by atoms with Crippen molar-refractivity contribution in [1.29, 1.82) is 0 Å². The first-order valence-electron chi connectivity index (χ1n) is 7.45. The first-order chi connectivity index (χ1) is 10.2. The predicted molar refractivity (Wildman–Crippen MR) is 85.3 cm³/mol. The summed E-state index contributed by atoms with van der Waals surface area (Å²) < 4.78 is 11.2. The van der Waals surface area contributed by atoms with Crippen LogP contribution in [-0.2, 0) is 6.54 Å². The maximum Gasteiger partial charge on any atom is 0.161 e. The lowest BCUT2D eigenvalue weighted by Gasteiger charge is -2.19. The quantitative estimate of drug-likeness (QED) is 0.912. The maximum absolute atomic E-state index is 5.63. The van der Waals surface area contributed by atoms with Crippen LogP contribution in [0.25, 0.3) is 0 Å². The van der Waals surface area contributed by atoms with Crippen LogP contribution < -0.4 is 14.8 Å². The Morgan fingerprint density at radius 1 is 1.00 bits per heavy atom. The molecular weight excluding hydrogens is 262 g/mol. The number of anilines is 1. The Balaban J connectivity index is 1.73. The summed E-state index contributed by atoms with van der Waals surface area (Å²) in [5, 5.41) is 3.52. The normalized spacial score (nSPS) is 13.3. The third kappa shape index (κ3) is 3.13. The Morgan fingerprint density at radius 3 is 2.57 bits per heavy atom. The number of fused-ring (bicyclic) bond motifs is 1. The second kappa shape index (κ2) is 6.08. The zero-order chi connectivity index (χ0) is 14.7. The summed E-state index contributed by atoms with van der Waals surface area (Å²) in [6.45, 7) is 6.46. The van der Waals surface area contributed by atoms with Gasteiger partial charge in [0, 0.05) is 12.2 Å². The van der Waals surface area contributed by atoms with E-state index in [2.05, 4.69) is 55.6 Å². The minimum Gasteiger partial charge on any atom is -0.486 e. The van der Waals surface area contributed by atoms with Crippen molar-refractivity contribution in [2.24, 2.45) is 0 Å². The van der Waals surface area contributed by atoms with Crippen molar-refractivity contribution in [2.75, 3.05) is 18.5 Å². The summed E-state index contributed by atoms with van der Waals surface area (Å²) in [4.78, 5) is 0. The molecule has 3 heteroatoms. The van der Waals surface area contributed by atoms with Crippen molar-refractivity contribution >= 4 is 5.69 Å². The Labute approximate surface area is 125 Å². The standard InChI is InChI=1S/C18H21NO2/c1-13(2)15-5-3-4-6-16(15)19-12-14-7-8-17-18(11-14)21-10-9-20-17/h3-8,11,13,19H,9-10,12H2,1-2H3. The van der Waals surface area contributed by atoms with E-state index in [4.69, 9.17) is 9.47 Å². The van der Waals surface area contributed by atoms with Crippen LogP contribution in [0, 0.1) is 0 Å². The van der Waals surface area contributed by atoms with Gasteiger partial charge in [-0.05, 0) is 35.2 Å². The number of rotatable bonds is 4. The van der Waals surface area contributed by atoms with Crippen molar-refractivity contribution in [3.63, 3.8) is 0 Å². The lowest BCUT2D eigenvalue weighted by atomic mass is 10.0. The summed E-state index contributed by atoms with van der Waals surface area (Å²) in [5.41, 5.74) is 3.73. The van der Waals surface area contributed by atoms with E-state index < -0.39 is 0 Å². The van der Waals surface area contributed by atoms with Gasteiger partial charge in [-0.15, -0.1) is 0 Å². The molecule has 0 saturated carbocycles. The minimum absolute atomic E-state index is 0.508. The Bertz CT molecular complexity index is 622. The zero-order valence-electron chi connectivity index (χ0n) is 12.6. The first-order valence-corrected chi connectivity index (χ1v) is 7.45. The number of hydrogen-bond acceptors (Lipinski definition) is 3. The molecule has 0 spiro atoms. The van der Waals surface area contributed by atoms with Gasteiger partial charge in [0.2, 0.25) is 0 Å². The van der Waals surface area contributed by atoms with Crippen molar-refractivity contribution in [3.05, 3.63) is 53.6 Å². The van der Waals surface area contributed by atoms with Gasteiger partial charge in [-0.1, -0.05) is 38.1 Å². The van der Waals surface area contributed by atoms with E-state index in [0.29, 0.717) is 19.1 Å². The average Bonchev–Trinajstić information content (AvgIpc) is 2.53. The van der Waals surface area contributed by atoms with Crippen LogP contribution in [-0.4, -0.2) is 13.2 Å². The van der Waals surface area contributed by atoms with Crippen LogP contribution in [0.2, 0.25) is 0 Å². The summed E-state index contributed by atoms with van der Waals surface area (Å²) in [7, 11) is 0. The molecule has 110 valence electrons. The molecule has 0 amide bonds. The fourth-order valence-corrected chi connectivity index (χ4v) is 2.56. The topological polar surface area (TPSA) is 30.5 Å². The van der Waals surface area contributed by atoms with Crippen LogP contribution >= 0.6 is 0 Å². The van der Waals surface area contributed by atoms with Gasteiger partial charge >= 0.3 is 0 Å². The maximum atomic E-state index is 5.63. The van der Waals surface area contributed by atoms with Gasteiger partial charge in [0.25, 0.3) is 0 Å². The predicted octanol–water partition coefficient (Wildman–Crippen LogP) is 4.19. The largest absolute Gasteiger partial charge is 0.486 e. The fourth-order valence-electron chi connectivity index (χ4n) is 2.56. The van der Waals surface area contributed by atoms with Crippen molar-refractivity contribution < 1.29 is 9.47 Å². The summed E-state index contributed by atoms with van der Waals surface area (Å²) in [6, 6.07) is 14.6. The molecule has 1 aliphatic rings. The van der Waals surface area contributed by atoms with E-state index in [0.717, 1.165) is 18.0 Å². The molecule has 1 N–H and O–H groups in total. The SMILES string of the molecule is CC(C)c1ccccc1NCc1ccc2c(c1)OCCO2. The summed E-state index contributed by atoms with van der Waals surface area (Å²) in [5.74, 6) is 2.19. The van der Waals surface area contributed by atoms with Crippen LogP contribution in [0.4, 0.5) is 5.69 Å². The number of benzene rings is 2. The molecule has 2 aromatic carbocycles. The molecule has 0 radical (unpaired) electrons. The van der Waals surface area contributed by atoms with E-state index in [1.165, 1.54) is 16.8 Å². The molecule has 3 nitrogen and oxygen atoms in total. The molecule has 0 unspecified atom stereocenters. The molecule has 1 heterocycles. The average molecular weight is 283 g/mol. The number of nitrogens with one attached hydrogen (secondary N) is 1. The fraction of sp³-hybridized carbons (Fsp3) is 0.333. The molecule has 0 bridgehead atoms. The number of hydrogen-bond donors (Lipinski definition) is 1. The van der Waals surface area contributed by atoms with Gasteiger partial charge in [0.1, 0.15) is 13.2 Å². The molecule has 0 saturated heterocycles. The lowest BCUT2D eigenvalue weighted by molar-refractivity contribution is 0.171. The van der Waals surface area contributed by atoms with Crippen LogP contribution in [0.1, 0.15) is 30.9 Å². The van der Waals surface area contributed by atoms with E-state index in [-0.39, 0.29) is 0 Å². The molecule has 2 aromatic rings. The van der Waals surface area contributed by atoms with Crippen molar-refractivity contribution in [1.82, 2.24) is 0 Å². The van der Waals surface area contributed by atoms with E-state index in [9.17, 15) is 0 Å². The molecule has 0 atom stereocenters. The second-order valence-corrected chi connectivity index (χ2v) is 5.57. The van der Waals surface area contributed by atoms with Gasteiger partial charge in [0.15, 0.2) is 11.5 Å². The monoisotopic (exact) mass is 283 g/mol. The molecule has 1 aliphatic heterocycles. The highest BCUT2D eigenvalue weighted by Gasteiger charge is 2.12. The Hall–Kier alpha value is -2.16. The Morgan fingerprint density at radius 2 is 1.76 bits per heavy atom. The Kier molecular flexibility index (Phi) is 4.00. The first kappa shape index (κ1) is 13.8. The summed E-state index contributed by atoms with van der Waals surface area (Å²) in [6.07, 6.45) is 0. The highest BCUT2D eigenvalue weighted by atomic mass is 16.6. The second-order valence-electron chi connectivity index (χ2n) is 5.57. The lowest BCUT2D eigenvalue weighted by Crippen LogP contribution is -2.15. The zero-order valence-corrected chi connectivity index (χ0v) is 12.6. The van der Waals surface area contributed by atoms with Crippen LogP contribution in [0.3, 0.4) is 0 Å². The minimum atomic E-state index is 0.508. The molecular formula is C18H21NO2. The van der Waals surface area contributed by atoms with E-state index in [1.807, 2.05) is 6.07 Å². The smallest absolute Gasteiger partial charge is 0.161 e. The third-order valence-corrected chi connectivity index (χ3v) is 3.67. The molecule has 21 heavy (non-hydrogen) atoms. The van der Waals surface area contributed by atoms with Gasteiger partial charge < -0.3 is 14.8 Å².